The quantitative estimate of drug-likeness (QED) is 0.736. The highest BCUT2D eigenvalue weighted by Crippen LogP contribution is 2.24. The zero-order chi connectivity index (χ0) is 12.1. The molecule has 0 amide bonds. The van der Waals surface area contributed by atoms with Crippen LogP contribution in [0.25, 0.3) is 0 Å². The summed E-state index contributed by atoms with van der Waals surface area (Å²) in [6.07, 6.45) is 11.1. The Hall–Kier alpha value is -0.380. The summed E-state index contributed by atoms with van der Waals surface area (Å²) in [6, 6.07) is 0.416. The molecule has 17 heavy (non-hydrogen) atoms. The van der Waals surface area contributed by atoms with Crippen molar-refractivity contribution in [3.05, 3.63) is 12.2 Å². The average Bonchev–Trinajstić information content (AvgIpc) is 2.74. The number of rotatable bonds is 4. The fourth-order valence-electron chi connectivity index (χ4n) is 2.75. The van der Waals surface area contributed by atoms with E-state index in [1.807, 2.05) is 0 Å². The molecule has 1 aliphatic carbocycles. The van der Waals surface area contributed by atoms with Gasteiger partial charge in [0.2, 0.25) is 0 Å². The Balaban J connectivity index is 1.72. The van der Waals surface area contributed by atoms with Gasteiger partial charge in [-0.1, -0.05) is 31.4 Å². The molecule has 3 atom stereocenters. The van der Waals surface area contributed by atoms with Gasteiger partial charge in [-0.25, -0.2) is 0 Å². The minimum atomic E-state index is -0.347. The van der Waals surface area contributed by atoms with Crippen molar-refractivity contribution in [3.63, 3.8) is 0 Å². The summed E-state index contributed by atoms with van der Waals surface area (Å²) in [5.74, 6) is 0.776. The van der Waals surface area contributed by atoms with Crippen LogP contribution >= 0.6 is 0 Å². The third kappa shape index (κ3) is 4.09. The van der Waals surface area contributed by atoms with Crippen molar-refractivity contribution < 1.29 is 9.84 Å². The summed E-state index contributed by atoms with van der Waals surface area (Å²) in [5.41, 5.74) is 0. The van der Waals surface area contributed by atoms with Crippen LogP contribution in [0, 0.1) is 5.92 Å². The van der Waals surface area contributed by atoms with Crippen LogP contribution in [0.3, 0.4) is 0 Å². The first-order valence-corrected chi connectivity index (χ1v) is 6.96. The maximum Gasteiger partial charge on any atom is 0.0948 e. The molecule has 0 aromatic rings. The van der Waals surface area contributed by atoms with Crippen molar-refractivity contribution in [1.82, 2.24) is 5.32 Å². The van der Waals surface area contributed by atoms with Gasteiger partial charge >= 0.3 is 0 Å². The predicted molar refractivity (Wildman–Crippen MR) is 68.9 cm³/mol. The summed E-state index contributed by atoms with van der Waals surface area (Å²) in [4.78, 5) is 0. The molecule has 0 aromatic heterocycles. The molecule has 0 aromatic carbocycles. The van der Waals surface area contributed by atoms with E-state index in [4.69, 9.17) is 4.74 Å². The normalized spacial score (nSPS) is 33.3. The Morgan fingerprint density at radius 1 is 1.24 bits per heavy atom. The Morgan fingerprint density at radius 2 is 2.00 bits per heavy atom. The van der Waals surface area contributed by atoms with Crippen LogP contribution in [0.15, 0.2) is 12.2 Å². The maximum atomic E-state index is 9.64. The standard InChI is InChI=1S/C14H25NO2/c1-11(15-13-9-17-10-14(13)16)7-8-12-5-3-2-4-6-12/h7-8,11-16H,2-6,9-10H2,1H3/b8-7+/t11?,13-,14-/m1/s1. The lowest BCUT2D eigenvalue weighted by Gasteiger charge is -2.21. The van der Waals surface area contributed by atoms with Gasteiger partial charge in [-0.2, -0.15) is 0 Å². The Bertz CT molecular complexity index is 249. The topological polar surface area (TPSA) is 41.5 Å². The molecule has 2 rings (SSSR count). The number of aliphatic hydroxyl groups excluding tert-OH is 1. The van der Waals surface area contributed by atoms with Crippen molar-refractivity contribution in [2.75, 3.05) is 13.2 Å². The number of hydrogen-bond donors (Lipinski definition) is 2. The van der Waals surface area contributed by atoms with Crippen LogP contribution in [-0.2, 0) is 4.74 Å². The molecule has 98 valence electrons. The summed E-state index contributed by atoms with van der Waals surface area (Å²) < 4.78 is 5.23. The van der Waals surface area contributed by atoms with E-state index in [-0.39, 0.29) is 12.1 Å². The fourth-order valence-corrected chi connectivity index (χ4v) is 2.75. The van der Waals surface area contributed by atoms with Crippen molar-refractivity contribution >= 4 is 0 Å². The van der Waals surface area contributed by atoms with Crippen LogP contribution in [0.1, 0.15) is 39.0 Å². The van der Waals surface area contributed by atoms with Crippen LogP contribution in [0.5, 0.6) is 0 Å². The molecule has 2 N–H and O–H groups in total. The number of ether oxygens (including phenoxy) is 1. The number of hydrogen-bond acceptors (Lipinski definition) is 3. The lowest BCUT2D eigenvalue weighted by molar-refractivity contribution is 0.122. The second kappa shape index (κ2) is 6.53. The van der Waals surface area contributed by atoms with Crippen molar-refractivity contribution in [2.45, 2.75) is 57.2 Å². The number of aliphatic hydroxyl groups is 1. The second-order valence-corrected chi connectivity index (χ2v) is 5.45. The van der Waals surface area contributed by atoms with Crippen LogP contribution in [0.4, 0.5) is 0 Å². The highest BCUT2D eigenvalue weighted by Gasteiger charge is 2.26. The molecule has 1 saturated carbocycles. The Kier molecular flexibility index (Phi) is 5.01. The van der Waals surface area contributed by atoms with E-state index in [0.717, 1.165) is 5.92 Å². The lowest BCUT2D eigenvalue weighted by Crippen LogP contribution is -2.43. The molecule has 3 heteroatoms. The van der Waals surface area contributed by atoms with E-state index < -0.39 is 0 Å². The lowest BCUT2D eigenvalue weighted by atomic mass is 9.89. The molecule has 2 fully saturated rings. The van der Waals surface area contributed by atoms with E-state index in [1.165, 1.54) is 32.1 Å². The number of allylic oxidation sites excluding steroid dienone is 1. The minimum absolute atomic E-state index is 0.0982. The largest absolute Gasteiger partial charge is 0.389 e. The molecular weight excluding hydrogens is 214 g/mol. The zero-order valence-electron chi connectivity index (χ0n) is 10.8. The highest BCUT2D eigenvalue weighted by atomic mass is 16.5. The zero-order valence-corrected chi connectivity index (χ0v) is 10.8. The molecule has 1 heterocycles. The van der Waals surface area contributed by atoms with Crippen LogP contribution in [0.2, 0.25) is 0 Å². The number of nitrogens with one attached hydrogen (secondary N) is 1. The summed E-state index contributed by atoms with van der Waals surface area (Å²) in [6.45, 7) is 3.24. The Labute approximate surface area is 104 Å². The molecule has 3 nitrogen and oxygen atoms in total. The SMILES string of the molecule is CC(/C=C/C1CCCCC1)N[C@@H]1COC[C@H]1O. The van der Waals surface area contributed by atoms with Gasteiger partial charge in [0.05, 0.1) is 25.4 Å². The van der Waals surface area contributed by atoms with Crippen LogP contribution in [-0.4, -0.2) is 36.5 Å². The van der Waals surface area contributed by atoms with Crippen molar-refractivity contribution in [2.24, 2.45) is 5.92 Å². The molecule has 0 bridgehead atoms. The van der Waals surface area contributed by atoms with Gasteiger partial charge < -0.3 is 15.2 Å². The third-order valence-corrected chi connectivity index (χ3v) is 3.85. The van der Waals surface area contributed by atoms with Gasteiger partial charge in [0.1, 0.15) is 0 Å². The van der Waals surface area contributed by atoms with E-state index in [9.17, 15) is 5.11 Å². The molecule has 1 aliphatic heterocycles. The Morgan fingerprint density at radius 3 is 2.65 bits per heavy atom. The molecule has 2 aliphatic rings. The third-order valence-electron chi connectivity index (χ3n) is 3.85. The first-order valence-electron chi connectivity index (χ1n) is 6.96. The minimum Gasteiger partial charge on any atom is -0.389 e. The van der Waals surface area contributed by atoms with Gasteiger partial charge in [-0.15, -0.1) is 0 Å². The van der Waals surface area contributed by atoms with Crippen molar-refractivity contribution in [1.29, 1.82) is 0 Å². The van der Waals surface area contributed by atoms with Crippen LogP contribution < -0.4 is 5.32 Å². The first-order chi connectivity index (χ1) is 8.25. The average molecular weight is 239 g/mol. The van der Waals surface area contributed by atoms with E-state index >= 15 is 0 Å². The molecular formula is C14H25NO2. The molecule has 1 saturated heterocycles. The van der Waals surface area contributed by atoms with Gasteiger partial charge in [0.25, 0.3) is 0 Å². The first kappa shape index (κ1) is 13.1. The molecule has 0 radical (unpaired) electrons. The smallest absolute Gasteiger partial charge is 0.0948 e. The summed E-state index contributed by atoms with van der Waals surface area (Å²) >= 11 is 0. The predicted octanol–water partition coefficient (Wildman–Crippen LogP) is 1.86. The molecule has 1 unspecified atom stereocenters. The van der Waals surface area contributed by atoms with E-state index in [2.05, 4.69) is 24.4 Å². The monoisotopic (exact) mass is 239 g/mol. The second-order valence-electron chi connectivity index (χ2n) is 5.45. The van der Waals surface area contributed by atoms with Crippen molar-refractivity contribution in [3.8, 4) is 0 Å². The highest BCUT2D eigenvalue weighted by molar-refractivity contribution is 4.97. The summed E-state index contributed by atoms with van der Waals surface area (Å²) in [5, 5.41) is 13.0. The van der Waals surface area contributed by atoms with Gasteiger partial charge in [-0.3, -0.25) is 0 Å². The van der Waals surface area contributed by atoms with E-state index in [1.54, 1.807) is 0 Å². The van der Waals surface area contributed by atoms with Gasteiger partial charge in [-0.05, 0) is 25.7 Å². The molecule has 0 spiro atoms. The van der Waals surface area contributed by atoms with E-state index in [0.29, 0.717) is 19.3 Å². The van der Waals surface area contributed by atoms with Gasteiger partial charge in [0, 0.05) is 6.04 Å². The van der Waals surface area contributed by atoms with Gasteiger partial charge in [0.15, 0.2) is 0 Å². The summed E-state index contributed by atoms with van der Waals surface area (Å²) in [7, 11) is 0. The fraction of sp³-hybridized carbons (Fsp3) is 0.857. The maximum absolute atomic E-state index is 9.64.